The summed E-state index contributed by atoms with van der Waals surface area (Å²) < 4.78 is 5.76. The Bertz CT molecular complexity index is 569. The minimum Gasteiger partial charge on any atom is -0.458 e. The molecule has 1 N–H and O–H groups in total. The first-order chi connectivity index (χ1) is 9.72. The Hall–Kier alpha value is -0.930. The van der Waals surface area contributed by atoms with E-state index in [1.54, 1.807) is 0 Å². The van der Waals surface area contributed by atoms with Crippen LogP contribution >= 0.6 is 11.8 Å². The van der Waals surface area contributed by atoms with Crippen molar-refractivity contribution in [1.29, 1.82) is 0 Å². The monoisotopic (exact) mass is 290 g/mol. The highest BCUT2D eigenvalue weighted by atomic mass is 32.2. The zero-order valence-corrected chi connectivity index (χ0v) is 12.8. The second kappa shape index (κ2) is 6.23. The van der Waals surface area contributed by atoms with Crippen molar-refractivity contribution in [3.8, 4) is 0 Å². The molecule has 3 rings (SSSR count). The van der Waals surface area contributed by atoms with Crippen LogP contribution in [0.1, 0.15) is 49.5 Å². The average Bonchev–Trinajstić information content (AvgIpc) is 2.89. The van der Waals surface area contributed by atoms with Crippen LogP contribution in [-0.2, 0) is 0 Å². The van der Waals surface area contributed by atoms with Crippen molar-refractivity contribution >= 4 is 22.7 Å². The second-order valence-electron chi connectivity index (χ2n) is 5.80. The average molecular weight is 290 g/mol. The van der Waals surface area contributed by atoms with Gasteiger partial charge in [-0.3, -0.25) is 0 Å². The van der Waals surface area contributed by atoms with E-state index in [4.69, 9.17) is 4.42 Å². The standard InChI is InChI=1S/C17H22O2S/c1-12-7-8-16-13(9-12)10-17(19-16)15(18)11-20-14-5-3-2-4-6-14/h7-10,14-15,18H,2-6,11H2,1H3. The number of benzene rings is 1. The number of fused-ring (bicyclic) bond motifs is 1. The summed E-state index contributed by atoms with van der Waals surface area (Å²) in [6.45, 7) is 2.07. The van der Waals surface area contributed by atoms with E-state index < -0.39 is 6.10 Å². The van der Waals surface area contributed by atoms with E-state index in [-0.39, 0.29) is 0 Å². The molecule has 108 valence electrons. The van der Waals surface area contributed by atoms with Crippen LogP contribution in [0.4, 0.5) is 0 Å². The van der Waals surface area contributed by atoms with Crippen molar-refractivity contribution in [2.45, 2.75) is 50.4 Å². The van der Waals surface area contributed by atoms with E-state index in [0.717, 1.165) is 22.0 Å². The van der Waals surface area contributed by atoms with Gasteiger partial charge in [-0.1, -0.05) is 30.9 Å². The molecule has 0 amide bonds. The van der Waals surface area contributed by atoms with Gasteiger partial charge in [-0.2, -0.15) is 11.8 Å². The van der Waals surface area contributed by atoms with Crippen molar-refractivity contribution in [3.05, 3.63) is 35.6 Å². The van der Waals surface area contributed by atoms with Gasteiger partial charge in [0.2, 0.25) is 0 Å². The van der Waals surface area contributed by atoms with Crippen LogP contribution < -0.4 is 0 Å². The minimum absolute atomic E-state index is 0.491. The predicted molar refractivity (Wildman–Crippen MR) is 85.2 cm³/mol. The van der Waals surface area contributed by atoms with Crippen LogP contribution in [0.15, 0.2) is 28.7 Å². The topological polar surface area (TPSA) is 33.4 Å². The lowest BCUT2D eigenvalue weighted by atomic mass is 10.0. The number of thioether (sulfide) groups is 1. The van der Waals surface area contributed by atoms with Gasteiger partial charge in [-0.25, -0.2) is 0 Å². The van der Waals surface area contributed by atoms with E-state index in [9.17, 15) is 5.11 Å². The summed E-state index contributed by atoms with van der Waals surface area (Å²) in [4.78, 5) is 0. The zero-order valence-electron chi connectivity index (χ0n) is 12.0. The predicted octanol–water partition coefficient (Wildman–Crippen LogP) is 4.84. The maximum Gasteiger partial charge on any atom is 0.134 e. The second-order valence-corrected chi connectivity index (χ2v) is 7.13. The Morgan fingerprint density at radius 2 is 2.05 bits per heavy atom. The minimum atomic E-state index is -0.491. The molecule has 20 heavy (non-hydrogen) atoms. The molecular formula is C17H22O2S. The molecule has 1 aromatic heterocycles. The highest BCUT2D eigenvalue weighted by Crippen LogP contribution is 2.32. The first kappa shape index (κ1) is 14.0. The maximum absolute atomic E-state index is 10.3. The van der Waals surface area contributed by atoms with E-state index in [2.05, 4.69) is 13.0 Å². The van der Waals surface area contributed by atoms with Crippen LogP contribution in [0, 0.1) is 6.92 Å². The van der Waals surface area contributed by atoms with Gasteiger partial charge < -0.3 is 9.52 Å². The van der Waals surface area contributed by atoms with Gasteiger partial charge in [0, 0.05) is 16.4 Å². The summed E-state index contributed by atoms with van der Waals surface area (Å²) in [5.41, 5.74) is 2.09. The molecule has 1 heterocycles. The van der Waals surface area contributed by atoms with Crippen LogP contribution in [0.25, 0.3) is 11.0 Å². The molecule has 1 aliphatic carbocycles. The van der Waals surface area contributed by atoms with Crippen molar-refractivity contribution < 1.29 is 9.52 Å². The molecule has 3 heteroatoms. The molecule has 1 atom stereocenters. The fourth-order valence-electron chi connectivity index (χ4n) is 2.89. The molecule has 2 nitrogen and oxygen atoms in total. The van der Waals surface area contributed by atoms with E-state index >= 15 is 0 Å². The zero-order chi connectivity index (χ0) is 13.9. The fraction of sp³-hybridized carbons (Fsp3) is 0.529. The lowest BCUT2D eigenvalue weighted by Gasteiger charge is -2.21. The number of aryl methyl sites for hydroxylation is 1. The summed E-state index contributed by atoms with van der Waals surface area (Å²) in [5, 5.41) is 12.1. The van der Waals surface area contributed by atoms with Crippen LogP contribution in [-0.4, -0.2) is 16.1 Å². The number of aliphatic hydroxyl groups is 1. The molecule has 1 fully saturated rings. The third kappa shape index (κ3) is 3.21. The molecule has 1 saturated carbocycles. The summed E-state index contributed by atoms with van der Waals surface area (Å²) in [6.07, 6.45) is 6.18. The van der Waals surface area contributed by atoms with Gasteiger partial charge in [0.05, 0.1) is 0 Å². The highest BCUT2D eigenvalue weighted by Gasteiger charge is 2.18. The normalized spacial score (nSPS) is 18.5. The van der Waals surface area contributed by atoms with Gasteiger partial charge >= 0.3 is 0 Å². The summed E-state index contributed by atoms with van der Waals surface area (Å²) >= 11 is 1.90. The SMILES string of the molecule is Cc1ccc2oc(C(O)CSC3CCCCC3)cc2c1. The van der Waals surface area contributed by atoms with Crippen LogP contribution in [0.2, 0.25) is 0 Å². The van der Waals surface area contributed by atoms with Gasteiger partial charge in [0.15, 0.2) is 0 Å². The number of hydrogen-bond donors (Lipinski definition) is 1. The van der Waals surface area contributed by atoms with E-state index in [0.29, 0.717) is 5.76 Å². The lowest BCUT2D eigenvalue weighted by Crippen LogP contribution is -2.11. The largest absolute Gasteiger partial charge is 0.458 e. The molecule has 1 unspecified atom stereocenters. The molecule has 0 radical (unpaired) electrons. The molecule has 2 aromatic rings. The smallest absolute Gasteiger partial charge is 0.134 e. The van der Waals surface area contributed by atoms with Crippen molar-refractivity contribution in [2.75, 3.05) is 5.75 Å². The first-order valence-corrected chi connectivity index (χ1v) is 8.57. The fourth-order valence-corrected chi connectivity index (χ4v) is 4.17. The van der Waals surface area contributed by atoms with Gasteiger partial charge in [0.1, 0.15) is 17.4 Å². The van der Waals surface area contributed by atoms with Gasteiger partial charge in [0.25, 0.3) is 0 Å². The molecule has 0 spiro atoms. The molecule has 1 aromatic carbocycles. The molecular weight excluding hydrogens is 268 g/mol. The summed E-state index contributed by atoms with van der Waals surface area (Å²) in [6, 6.07) is 8.10. The summed E-state index contributed by atoms with van der Waals surface area (Å²) in [5.74, 6) is 1.44. The third-order valence-corrected chi connectivity index (χ3v) is 5.51. The molecule has 0 bridgehead atoms. The Morgan fingerprint density at radius 3 is 2.85 bits per heavy atom. The Balaban J connectivity index is 1.64. The van der Waals surface area contributed by atoms with Crippen LogP contribution in [0.5, 0.6) is 0 Å². The van der Waals surface area contributed by atoms with Crippen molar-refractivity contribution in [3.63, 3.8) is 0 Å². The van der Waals surface area contributed by atoms with Crippen molar-refractivity contribution in [2.24, 2.45) is 0 Å². The van der Waals surface area contributed by atoms with Gasteiger partial charge in [-0.05, 0) is 38.0 Å². The molecule has 0 aliphatic heterocycles. The quantitative estimate of drug-likeness (QED) is 0.874. The number of rotatable bonds is 4. The van der Waals surface area contributed by atoms with Crippen LogP contribution in [0.3, 0.4) is 0 Å². The van der Waals surface area contributed by atoms with E-state index in [1.165, 1.54) is 37.7 Å². The lowest BCUT2D eigenvalue weighted by molar-refractivity contribution is 0.176. The highest BCUT2D eigenvalue weighted by molar-refractivity contribution is 7.99. The van der Waals surface area contributed by atoms with Crippen molar-refractivity contribution in [1.82, 2.24) is 0 Å². The first-order valence-electron chi connectivity index (χ1n) is 7.52. The Morgan fingerprint density at radius 1 is 1.25 bits per heavy atom. The third-order valence-electron chi connectivity index (χ3n) is 4.06. The van der Waals surface area contributed by atoms with E-state index in [1.807, 2.05) is 30.0 Å². The Labute approximate surface area is 124 Å². The number of furan rings is 1. The Kier molecular flexibility index (Phi) is 4.37. The number of aliphatic hydroxyl groups excluding tert-OH is 1. The molecule has 1 aliphatic rings. The summed E-state index contributed by atoms with van der Waals surface area (Å²) in [7, 11) is 0. The number of hydrogen-bond acceptors (Lipinski definition) is 3. The maximum atomic E-state index is 10.3. The molecule has 0 saturated heterocycles. The van der Waals surface area contributed by atoms with Gasteiger partial charge in [-0.15, -0.1) is 0 Å².